The Morgan fingerprint density at radius 2 is 1.88 bits per heavy atom. The second-order valence-corrected chi connectivity index (χ2v) is 6.83. The fraction of sp³-hybridized carbons (Fsp3) is 1.00. The highest BCUT2D eigenvalue weighted by atomic mass is 15.3. The van der Waals surface area contributed by atoms with Crippen molar-refractivity contribution >= 4 is 0 Å². The largest absolute Gasteiger partial charge is 0.311 e. The molecule has 0 bridgehead atoms. The van der Waals surface area contributed by atoms with Gasteiger partial charge in [-0.2, -0.15) is 0 Å². The van der Waals surface area contributed by atoms with Crippen LogP contribution in [0.1, 0.15) is 59.3 Å². The third kappa shape index (κ3) is 3.69. The first kappa shape index (κ1) is 13.4. The maximum Gasteiger partial charge on any atom is 0.0278 e. The smallest absolute Gasteiger partial charge is 0.0278 e. The van der Waals surface area contributed by atoms with Crippen LogP contribution >= 0.6 is 0 Å². The van der Waals surface area contributed by atoms with Crippen LogP contribution in [0, 0.1) is 5.92 Å². The highest BCUT2D eigenvalue weighted by Crippen LogP contribution is 2.28. The first-order valence-electron chi connectivity index (χ1n) is 7.56. The van der Waals surface area contributed by atoms with E-state index >= 15 is 0 Å². The molecule has 1 saturated carbocycles. The Balaban J connectivity index is 1.79. The highest BCUT2D eigenvalue weighted by Gasteiger charge is 2.32. The van der Waals surface area contributed by atoms with Crippen LogP contribution in [0.4, 0.5) is 0 Å². The van der Waals surface area contributed by atoms with Crippen LogP contribution in [0.2, 0.25) is 0 Å². The second-order valence-electron chi connectivity index (χ2n) is 6.83. The lowest BCUT2D eigenvalue weighted by Crippen LogP contribution is -2.61. The summed E-state index contributed by atoms with van der Waals surface area (Å²) in [7, 11) is 0. The predicted octanol–water partition coefficient (Wildman–Crippen LogP) is 3.03. The molecule has 17 heavy (non-hydrogen) atoms. The van der Waals surface area contributed by atoms with E-state index in [1.807, 2.05) is 0 Å². The molecule has 0 spiro atoms. The van der Waals surface area contributed by atoms with Crippen molar-refractivity contribution in [3.05, 3.63) is 0 Å². The number of rotatable bonds is 3. The molecule has 2 aliphatic rings. The highest BCUT2D eigenvalue weighted by molar-refractivity contribution is 4.91. The van der Waals surface area contributed by atoms with Crippen molar-refractivity contribution in [2.24, 2.45) is 5.92 Å². The minimum Gasteiger partial charge on any atom is -0.311 e. The molecule has 2 heteroatoms. The predicted molar refractivity (Wildman–Crippen MR) is 74.3 cm³/mol. The summed E-state index contributed by atoms with van der Waals surface area (Å²) in [6.45, 7) is 10.7. The van der Waals surface area contributed by atoms with Gasteiger partial charge in [-0.15, -0.1) is 0 Å². The van der Waals surface area contributed by atoms with Crippen LogP contribution in [0.25, 0.3) is 0 Å². The molecule has 1 aliphatic heterocycles. The fourth-order valence-electron chi connectivity index (χ4n) is 3.39. The molecule has 0 aromatic heterocycles. The zero-order chi connectivity index (χ0) is 12.3. The summed E-state index contributed by atoms with van der Waals surface area (Å²) in [5.41, 5.74) is 0.348. The Morgan fingerprint density at radius 1 is 1.18 bits per heavy atom. The quantitative estimate of drug-likeness (QED) is 0.813. The minimum absolute atomic E-state index is 0.348. The number of piperazine rings is 1. The van der Waals surface area contributed by atoms with E-state index in [2.05, 4.69) is 31.0 Å². The maximum absolute atomic E-state index is 3.60. The summed E-state index contributed by atoms with van der Waals surface area (Å²) in [5.74, 6) is 1.02. The van der Waals surface area contributed by atoms with E-state index in [0.717, 1.165) is 12.5 Å². The van der Waals surface area contributed by atoms with E-state index < -0.39 is 0 Å². The summed E-state index contributed by atoms with van der Waals surface area (Å²) in [5, 5.41) is 3.60. The SMILES string of the molecule is CC1CN(CCC2CCCCC2)C(C)(C)CN1. The Hall–Kier alpha value is -0.0800. The Kier molecular flexibility index (Phi) is 4.48. The zero-order valence-corrected chi connectivity index (χ0v) is 12.0. The van der Waals surface area contributed by atoms with E-state index in [1.54, 1.807) is 0 Å². The lowest BCUT2D eigenvalue weighted by atomic mass is 9.86. The molecule has 1 atom stereocenters. The van der Waals surface area contributed by atoms with E-state index in [-0.39, 0.29) is 0 Å². The summed E-state index contributed by atoms with van der Waals surface area (Å²) in [4.78, 5) is 2.71. The molecule has 2 rings (SSSR count). The van der Waals surface area contributed by atoms with Gasteiger partial charge in [0.25, 0.3) is 0 Å². The lowest BCUT2D eigenvalue weighted by Gasteiger charge is -2.46. The van der Waals surface area contributed by atoms with Crippen molar-refractivity contribution in [1.82, 2.24) is 10.2 Å². The van der Waals surface area contributed by atoms with Gasteiger partial charge in [-0.25, -0.2) is 0 Å². The van der Waals surface area contributed by atoms with Crippen molar-refractivity contribution in [2.75, 3.05) is 19.6 Å². The second kappa shape index (κ2) is 5.71. The van der Waals surface area contributed by atoms with Crippen LogP contribution in [0.5, 0.6) is 0 Å². The number of nitrogens with one attached hydrogen (secondary N) is 1. The lowest BCUT2D eigenvalue weighted by molar-refractivity contribution is 0.0622. The van der Waals surface area contributed by atoms with Crippen molar-refractivity contribution in [3.8, 4) is 0 Å². The van der Waals surface area contributed by atoms with Gasteiger partial charge in [0, 0.05) is 24.7 Å². The molecule has 0 radical (unpaired) electrons. The molecule has 2 nitrogen and oxygen atoms in total. The van der Waals surface area contributed by atoms with Gasteiger partial charge in [0.05, 0.1) is 0 Å². The summed E-state index contributed by atoms with van der Waals surface area (Å²) in [6.07, 6.45) is 8.84. The molecule has 1 N–H and O–H groups in total. The number of hydrogen-bond donors (Lipinski definition) is 1. The van der Waals surface area contributed by atoms with Gasteiger partial charge >= 0.3 is 0 Å². The zero-order valence-electron chi connectivity index (χ0n) is 12.0. The monoisotopic (exact) mass is 238 g/mol. The third-order valence-corrected chi connectivity index (χ3v) is 4.77. The van der Waals surface area contributed by atoms with E-state index in [4.69, 9.17) is 0 Å². The average molecular weight is 238 g/mol. The van der Waals surface area contributed by atoms with Crippen LogP contribution in [0.3, 0.4) is 0 Å². The first-order valence-corrected chi connectivity index (χ1v) is 7.56. The number of hydrogen-bond acceptors (Lipinski definition) is 2. The van der Waals surface area contributed by atoms with Crippen LogP contribution in [-0.2, 0) is 0 Å². The standard InChI is InChI=1S/C15H30N2/c1-13-11-17(15(2,3)12-16-13)10-9-14-7-5-4-6-8-14/h13-14,16H,4-12H2,1-3H3. The molecular weight excluding hydrogens is 208 g/mol. The molecule has 1 unspecified atom stereocenters. The molecule has 2 fully saturated rings. The molecule has 0 aromatic carbocycles. The van der Waals surface area contributed by atoms with E-state index in [9.17, 15) is 0 Å². The van der Waals surface area contributed by atoms with Crippen molar-refractivity contribution < 1.29 is 0 Å². The summed E-state index contributed by atoms with van der Waals surface area (Å²) < 4.78 is 0. The first-order chi connectivity index (χ1) is 8.08. The van der Waals surface area contributed by atoms with E-state index in [0.29, 0.717) is 11.6 Å². The Labute approximate surface area is 107 Å². The van der Waals surface area contributed by atoms with Gasteiger partial charge in [-0.1, -0.05) is 32.1 Å². The van der Waals surface area contributed by atoms with Gasteiger partial charge < -0.3 is 5.32 Å². The normalized spacial score (nSPS) is 31.6. The van der Waals surface area contributed by atoms with Crippen molar-refractivity contribution in [2.45, 2.75) is 70.9 Å². The Morgan fingerprint density at radius 3 is 2.59 bits per heavy atom. The molecule has 0 amide bonds. The Bertz CT molecular complexity index is 231. The molecular formula is C15H30N2. The maximum atomic E-state index is 3.60. The third-order valence-electron chi connectivity index (χ3n) is 4.77. The fourth-order valence-corrected chi connectivity index (χ4v) is 3.39. The average Bonchev–Trinajstić information content (AvgIpc) is 2.32. The molecule has 100 valence electrons. The van der Waals surface area contributed by atoms with Crippen LogP contribution in [-0.4, -0.2) is 36.1 Å². The molecule has 1 aliphatic carbocycles. The van der Waals surface area contributed by atoms with E-state index in [1.165, 1.54) is 51.6 Å². The van der Waals surface area contributed by atoms with Crippen molar-refractivity contribution in [3.63, 3.8) is 0 Å². The summed E-state index contributed by atoms with van der Waals surface area (Å²) >= 11 is 0. The minimum atomic E-state index is 0.348. The van der Waals surface area contributed by atoms with Crippen LogP contribution < -0.4 is 5.32 Å². The molecule has 1 heterocycles. The van der Waals surface area contributed by atoms with Gasteiger partial charge in [0.15, 0.2) is 0 Å². The van der Waals surface area contributed by atoms with Crippen molar-refractivity contribution in [1.29, 1.82) is 0 Å². The summed E-state index contributed by atoms with van der Waals surface area (Å²) in [6, 6.07) is 0.661. The van der Waals surface area contributed by atoms with Gasteiger partial charge in [0.1, 0.15) is 0 Å². The van der Waals surface area contributed by atoms with Gasteiger partial charge in [-0.3, -0.25) is 4.90 Å². The van der Waals surface area contributed by atoms with Gasteiger partial charge in [0.2, 0.25) is 0 Å². The van der Waals surface area contributed by atoms with Crippen LogP contribution in [0.15, 0.2) is 0 Å². The topological polar surface area (TPSA) is 15.3 Å². The molecule has 1 saturated heterocycles. The number of nitrogens with zero attached hydrogens (tertiary/aromatic N) is 1. The van der Waals surface area contributed by atoms with Gasteiger partial charge in [-0.05, 0) is 39.7 Å². The molecule has 0 aromatic rings.